The van der Waals surface area contributed by atoms with Crippen molar-refractivity contribution in [2.75, 3.05) is 27.7 Å². The summed E-state index contributed by atoms with van der Waals surface area (Å²) in [5, 5.41) is 0. The van der Waals surface area contributed by atoms with Crippen LogP contribution in [-0.4, -0.2) is 49.6 Å². The summed E-state index contributed by atoms with van der Waals surface area (Å²) in [4.78, 5) is 20.6. The molecule has 5 nitrogen and oxygen atoms in total. The van der Waals surface area contributed by atoms with Gasteiger partial charge in [0.15, 0.2) is 0 Å². The third-order valence-electron chi connectivity index (χ3n) is 3.31. The van der Waals surface area contributed by atoms with E-state index in [1.807, 2.05) is 0 Å². The second-order valence-corrected chi connectivity index (χ2v) is 6.10. The third-order valence-corrected chi connectivity index (χ3v) is 3.31. The molecule has 0 fully saturated rings. The highest BCUT2D eigenvalue weighted by molar-refractivity contribution is 5.86. The first-order chi connectivity index (χ1) is 8.85. The van der Waals surface area contributed by atoms with Gasteiger partial charge in [0, 0.05) is 12.0 Å². The van der Waals surface area contributed by atoms with Gasteiger partial charge in [0.25, 0.3) is 0 Å². The average molecular weight is 321 g/mol. The lowest BCUT2D eigenvalue weighted by Crippen LogP contribution is -3.00. The van der Waals surface area contributed by atoms with E-state index in [-0.39, 0.29) is 23.9 Å². The van der Waals surface area contributed by atoms with Gasteiger partial charge in [0.2, 0.25) is 5.91 Å². The second-order valence-electron chi connectivity index (χ2n) is 6.10. The van der Waals surface area contributed by atoms with Crippen molar-refractivity contribution in [3.8, 4) is 0 Å². The van der Waals surface area contributed by atoms with Crippen LogP contribution >= 0.6 is 0 Å². The SMILES string of the molecule is C=C(C)C(=O)OCCC(C)(C)[N+](C)(C)C.C=CC(N)=O.[Cl-]. The van der Waals surface area contributed by atoms with Gasteiger partial charge in [-0.2, -0.15) is 0 Å². The van der Waals surface area contributed by atoms with Gasteiger partial charge in [-0.05, 0) is 26.8 Å². The first kappa shape index (κ1) is 24.7. The number of carbonyl (C=O) groups excluding carboxylic acids is 2. The molecular weight excluding hydrogens is 292 g/mol. The molecule has 0 saturated heterocycles. The molecule has 6 heteroatoms. The zero-order valence-corrected chi connectivity index (χ0v) is 14.8. The Morgan fingerprint density at radius 1 is 1.29 bits per heavy atom. The minimum Gasteiger partial charge on any atom is -1.00 e. The van der Waals surface area contributed by atoms with Gasteiger partial charge in [-0.25, -0.2) is 4.79 Å². The number of nitrogens with zero attached hydrogens (tertiary/aromatic N) is 1. The quantitative estimate of drug-likeness (QED) is 0.373. The molecule has 0 atom stereocenters. The Labute approximate surface area is 134 Å². The van der Waals surface area contributed by atoms with E-state index in [9.17, 15) is 9.59 Å². The maximum Gasteiger partial charge on any atom is 0.333 e. The standard InChI is InChI=1S/C12H24NO2.C3H5NO.ClH/c1-10(2)11(14)15-9-8-12(3,4)13(5,6)7;1-2-3(4)5;/h1,8-9H2,2-7H3;2H,1H2,(H2,4,5);1H/q+1;;/p-1. The molecule has 0 saturated carbocycles. The van der Waals surface area contributed by atoms with Gasteiger partial charge >= 0.3 is 5.97 Å². The van der Waals surface area contributed by atoms with Crippen LogP contribution in [0.4, 0.5) is 0 Å². The molecular formula is C15H29ClN2O3. The first-order valence-corrected chi connectivity index (χ1v) is 6.41. The number of primary amides is 1. The summed E-state index contributed by atoms with van der Waals surface area (Å²) in [5.74, 6) is -0.780. The summed E-state index contributed by atoms with van der Waals surface area (Å²) in [7, 11) is 6.42. The van der Waals surface area contributed by atoms with Crippen LogP contribution in [0.15, 0.2) is 24.8 Å². The highest BCUT2D eigenvalue weighted by Gasteiger charge is 2.32. The fraction of sp³-hybridized carbons (Fsp3) is 0.600. The monoisotopic (exact) mass is 320 g/mol. The predicted octanol–water partition coefficient (Wildman–Crippen LogP) is -1.36. The van der Waals surface area contributed by atoms with Crippen LogP contribution in [0.2, 0.25) is 0 Å². The average Bonchev–Trinajstić information content (AvgIpc) is 2.27. The van der Waals surface area contributed by atoms with E-state index in [1.165, 1.54) is 0 Å². The van der Waals surface area contributed by atoms with Gasteiger partial charge in [-0.15, -0.1) is 0 Å². The number of hydrogen-bond donors (Lipinski definition) is 1. The van der Waals surface area contributed by atoms with Crippen LogP contribution < -0.4 is 18.1 Å². The summed E-state index contributed by atoms with van der Waals surface area (Å²) in [6.07, 6.45) is 1.90. The summed E-state index contributed by atoms with van der Waals surface area (Å²) >= 11 is 0. The van der Waals surface area contributed by atoms with Crippen LogP contribution in [0.1, 0.15) is 27.2 Å². The molecule has 0 aromatic heterocycles. The number of esters is 1. The van der Waals surface area contributed by atoms with E-state index in [1.54, 1.807) is 6.92 Å². The molecule has 0 rings (SSSR count). The number of rotatable bonds is 6. The number of ether oxygens (including phenoxy) is 1. The summed E-state index contributed by atoms with van der Waals surface area (Å²) < 4.78 is 5.93. The van der Waals surface area contributed by atoms with Gasteiger partial charge < -0.3 is 27.4 Å². The molecule has 0 spiro atoms. The Morgan fingerprint density at radius 3 is 1.90 bits per heavy atom. The van der Waals surface area contributed by atoms with Crippen LogP contribution in [0.3, 0.4) is 0 Å². The Morgan fingerprint density at radius 2 is 1.67 bits per heavy atom. The van der Waals surface area contributed by atoms with Gasteiger partial charge in [0.05, 0.1) is 33.3 Å². The zero-order chi connectivity index (χ0) is 16.6. The van der Waals surface area contributed by atoms with Crippen molar-refractivity contribution in [1.82, 2.24) is 0 Å². The fourth-order valence-corrected chi connectivity index (χ4v) is 0.852. The van der Waals surface area contributed by atoms with E-state index >= 15 is 0 Å². The summed E-state index contributed by atoms with van der Waals surface area (Å²) in [5.41, 5.74) is 5.08. The van der Waals surface area contributed by atoms with E-state index in [4.69, 9.17) is 4.74 Å². The smallest absolute Gasteiger partial charge is 0.333 e. The van der Waals surface area contributed by atoms with Crippen molar-refractivity contribution in [2.24, 2.45) is 5.73 Å². The molecule has 2 N–H and O–H groups in total. The molecule has 0 aromatic carbocycles. The van der Waals surface area contributed by atoms with Gasteiger partial charge in [-0.1, -0.05) is 13.2 Å². The normalized spacial score (nSPS) is 10.4. The van der Waals surface area contributed by atoms with Crippen LogP contribution in [0.5, 0.6) is 0 Å². The second kappa shape index (κ2) is 10.4. The van der Waals surface area contributed by atoms with Crippen LogP contribution in [0, 0.1) is 0 Å². The molecule has 0 aliphatic rings. The van der Waals surface area contributed by atoms with Gasteiger partial charge in [0.1, 0.15) is 0 Å². The molecule has 0 unspecified atom stereocenters. The Kier molecular flexibility index (Phi) is 12.2. The van der Waals surface area contributed by atoms with Crippen molar-refractivity contribution >= 4 is 11.9 Å². The molecule has 0 aliphatic heterocycles. The van der Waals surface area contributed by atoms with E-state index < -0.39 is 5.91 Å². The molecule has 124 valence electrons. The Balaban J connectivity index is -0.000000465. The lowest BCUT2D eigenvalue weighted by Gasteiger charge is -2.41. The highest BCUT2D eigenvalue weighted by atomic mass is 35.5. The zero-order valence-electron chi connectivity index (χ0n) is 14.0. The van der Waals surface area contributed by atoms with E-state index in [0.717, 1.165) is 17.0 Å². The fourth-order valence-electron chi connectivity index (χ4n) is 0.852. The maximum absolute atomic E-state index is 11.2. The van der Waals surface area contributed by atoms with Crippen molar-refractivity contribution in [2.45, 2.75) is 32.7 Å². The molecule has 1 amide bonds. The number of halogens is 1. The number of hydrogen-bond acceptors (Lipinski definition) is 3. The van der Waals surface area contributed by atoms with Gasteiger partial charge in [-0.3, -0.25) is 4.79 Å². The van der Waals surface area contributed by atoms with Crippen molar-refractivity contribution < 1.29 is 31.2 Å². The number of carbonyl (C=O) groups is 2. The lowest BCUT2D eigenvalue weighted by molar-refractivity contribution is -0.920. The molecule has 0 bridgehead atoms. The molecule has 0 heterocycles. The summed E-state index contributed by atoms with van der Waals surface area (Å²) in [6.45, 7) is 13.1. The van der Waals surface area contributed by atoms with E-state index in [2.05, 4.69) is 53.9 Å². The third kappa shape index (κ3) is 12.1. The van der Waals surface area contributed by atoms with Crippen LogP contribution in [-0.2, 0) is 14.3 Å². The number of amides is 1. The molecule has 21 heavy (non-hydrogen) atoms. The van der Waals surface area contributed by atoms with Crippen molar-refractivity contribution in [1.29, 1.82) is 0 Å². The predicted molar refractivity (Wildman–Crippen MR) is 81.9 cm³/mol. The topological polar surface area (TPSA) is 69.4 Å². The van der Waals surface area contributed by atoms with Crippen molar-refractivity contribution in [3.05, 3.63) is 24.8 Å². The summed E-state index contributed by atoms with van der Waals surface area (Å²) in [6, 6.07) is 0. The molecule has 0 aromatic rings. The van der Waals surface area contributed by atoms with Crippen molar-refractivity contribution in [3.63, 3.8) is 0 Å². The maximum atomic E-state index is 11.2. The highest BCUT2D eigenvalue weighted by Crippen LogP contribution is 2.21. The molecule has 0 aliphatic carbocycles. The number of nitrogens with two attached hydrogens (primary N) is 1. The Bertz CT molecular complexity index is 372. The van der Waals surface area contributed by atoms with E-state index in [0.29, 0.717) is 12.2 Å². The minimum atomic E-state index is -0.481. The first-order valence-electron chi connectivity index (χ1n) is 6.41. The Hall–Kier alpha value is -1.33. The van der Waals surface area contributed by atoms with Crippen LogP contribution in [0.25, 0.3) is 0 Å². The lowest BCUT2D eigenvalue weighted by atomic mass is 9.97. The largest absolute Gasteiger partial charge is 1.00 e. The minimum absolute atomic E-state index is 0. The number of quaternary nitrogens is 1. The molecule has 0 radical (unpaired) electrons.